The molecule has 0 aliphatic heterocycles. The highest BCUT2D eigenvalue weighted by Crippen LogP contribution is 2.35. The van der Waals surface area contributed by atoms with Crippen LogP contribution in [0.5, 0.6) is 5.75 Å². The number of carbonyl (C=O) groups is 3. The van der Waals surface area contributed by atoms with E-state index in [0.717, 1.165) is 5.56 Å². The summed E-state index contributed by atoms with van der Waals surface area (Å²) in [6.07, 6.45) is -1.22. The monoisotopic (exact) mass is 460 g/mol. The van der Waals surface area contributed by atoms with E-state index in [9.17, 15) is 19.5 Å². The Bertz CT molecular complexity index is 1170. The lowest BCUT2D eigenvalue weighted by atomic mass is 10.1. The minimum absolute atomic E-state index is 0. The predicted molar refractivity (Wildman–Crippen MR) is 123 cm³/mol. The standard InChI is InChI=1S/C23H25N3O5.ClH/c1-14-18(20(27)21(24)28)19-16(25(14)13-15-9-6-5-7-10-15)11-8-12-17(19)31-22(23(29)30)26(2,3)4;/h5-12,22H,13H2,1-4H3,(H2-,24,28,29,30);1H/p+1. The van der Waals surface area contributed by atoms with Crippen molar-refractivity contribution >= 4 is 41.0 Å². The number of aliphatic carboxylic acids is 1. The molecule has 3 N–H and O–H groups in total. The lowest BCUT2D eigenvalue weighted by Gasteiger charge is -2.30. The number of hydrogen-bond acceptors (Lipinski definition) is 4. The Labute approximate surface area is 192 Å². The average Bonchev–Trinajstić information content (AvgIpc) is 2.97. The summed E-state index contributed by atoms with van der Waals surface area (Å²) in [4.78, 5) is 36.4. The summed E-state index contributed by atoms with van der Waals surface area (Å²) in [5.41, 5.74) is 7.65. The van der Waals surface area contributed by atoms with Crippen molar-refractivity contribution < 1.29 is 28.7 Å². The molecule has 1 amide bonds. The van der Waals surface area contributed by atoms with Crippen LogP contribution >= 0.6 is 12.4 Å². The van der Waals surface area contributed by atoms with Crippen LogP contribution in [0.2, 0.25) is 0 Å². The van der Waals surface area contributed by atoms with Gasteiger partial charge in [0.1, 0.15) is 5.75 Å². The van der Waals surface area contributed by atoms with Gasteiger partial charge in [0.25, 0.3) is 11.7 Å². The Morgan fingerprint density at radius 2 is 1.69 bits per heavy atom. The summed E-state index contributed by atoms with van der Waals surface area (Å²) in [5.74, 6) is -2.87. The Balaban J connectivity index is 0.00000363. The number of carboxylic acids is 1. The van der Waals surface area contributed by atoms with Gasteiger partial charge in [0, 0.05) is 12.2 Å². The van der Waals surface area contributed by atoms with Gasteiger partial charge >= 0.3 is 12.2 Å². The van der Waals surface area contributed by atoms with Crippen LogP contribution < -0.4 is 10.5 Å². The van der Waals surface area contributed by atoms with Gasteiger partial charge in [-0.1, -0.05) is 36.4 Å². The molecule has 1 heterocycles. The number of hydrogen-bond donors (Lipinski definition) is 2. The van der Waals surface area contributed by atoms with Gasteiger partial charge in [0.05, 0.1) is 37.6 Å². The molecule has 9 heteroatoms. The van der Waals surface area contributed by atoms with Crippen LogP contribution in [0, 0.1) is 6.92 Å². The molecule has 3 rings (SSSR count). The average molecular weight is 461 g/mol. The molecular weight excluding hydrogens is 434 g/mol. The quantitative estimate of drug-likeness (QED) is 0.232. The molecule has 1 unspecified atom stereocenters. The van der Waals surface area contributed by atoms with Crippen LogP contribution in [0.1, 0.15) is 21.6 Å². The number of Topliss-reactive ketones (excluding diaryl/α,β-unsaturated/α-hetero) is 1. The number of amides is 1. The van der Waals surface area contributed by atoms with Crippen LogP contribution in [-0.4, -0.2) is 59.2 Å². The minimum Gasteiger partial charge on any atom is -0.474 e. The number of primary amides is 1. The fourth-order valence-corrected chi connectivity index (χ4v) is 3.62. The lowest BCUT2D eigenvalue weighted by Crippen LogP contribution is -2.53. The molecule has 0 saturated carbocycles. The van der Waals surface area contributed by atoms with E-state index in [4.69, 9.17) is 10.5 Å². The maximum Gasteiger partial charge on any atom is 0.405 e. The molecule has 0 aliphatic rings. The molecule has 8 nitrogen and oxygen atoms in total. The number of likely N-dealkylation sites (N-methyl/N-ethyl adjacent to an activating group) is 1. The minimum atomic E-state index is -1.22. The fourth-order valence-electron chi connectivity index (χ4n) is 3.62. The van der Waals surface area contributed by atoms with Crippen molar-refractivity contribution in [2.75, 3.05) is 21.1 Å². The maximum atomic E-state index is 12.8. The van der Waals surface area contributed by atoms with Gasteiger partial charge in [-0.25, -0.2) is 4.79 Å². The highest BCUT2D eigenvalue weighted by atomic mass is 35.5. The zero-order valence-corrected chi connectivity index (χ0v) is 19.2. The van der Waals surface area contributed by atoms with Crippen LogP contribution in [0.25, 0.3) is 10.9 Å². The second-order valence-corrected chi connectivity index (χ2v) is 8.30. The van der Waals surface area contributed by atoms with E-state index < -0.39 is 23.9 Å². The Hall–Kier alpha value is -3.36. The first kappa shape index (κ1) is 24.9. The zero-order chi connectivity index (χ0) is 22.9. The topological polar surface area (TPSA) is 112 Å². The molecule has 32 heavy (non-hydrogen) atoms. The first-order valence-electron chi connectivity index (χ1n) is 9.72. The molecule has 0 spiro atoms. The third-order valence-electron chi connectivity index (χ3n) is 5.10. The Kier molecular flexibility index (Phi) is 7.33. The Morgan fingerprint density at radius 3 is 2.22 bits per heavy atom. The van der Waals surface area contributed by atoms with Gasteiger partial charge in [-0.2, -0.15) is 0 Å². The summed E-state index contributed by atoms with van der Waals surface area (Å²) >= 11 is 0. The van der Waals surface area contributed by atoms with Gasteiger partial charge < -0.3 is 20.1 Å². The third-order valence-corrected chi connectivity index (χ3v) is 5.10. The van der Waals surface area contributed by atoms with E-state index in [1.54, 1.807) is 46.3 Å². The van der Waals surface area contributed by atoms with Crippen LogP contribution in [0.3, 0.4) is 0 Å². The number of rotatable bonds is 8. The molecule has 170 valence electrons. The van der Waals surface area contributed by atoms with Gasteiger partial charge in [0.2, 0.25) is 0 Å². The van der Waals surface area contributed by atoms with E-state index in [1.807, 2.05) is 34.9 Å². The molecule has 0 fully saturated rings. The summed E-state index contributed by atoms with van der Waals surface area (Å²) in [5, 5.41) is 10.1. The van der Waals surface area contributed by atoms with Gasteiger partial charge in [0.15, 0.2) is 0 Å². The van der Waals surface area contributed by atoms with Crippen molar-refractivity contribution in [3.63, 3.8) is 0 Å². The van der Waals surface area contributed by atoms with E-state index in [-0.39, 0.29) is 28.2 Å². The number of fused-ring (bicyclic) bond motifs is 1. The predicted octanol–water partition coefficient (Wildman–Crippen LogP) is 2.58. The van der Waals surface area contributed by atoms with Gasteiger partial charge in [-0.3, -0.25) is 14.1 Å². The highest BCUT2D eigenvalue weighted by molar-refractivity contribution is 6.45. The normalized spacial score (nSPS) is 12.1. The summed E-state index contributed by atoms with van der Waals surface area (Å²) in [6, 6.07) is 14.8. The van der Waals surface area contributed by atoms with E-state index in [2.05, 4.69) is 0 Å². The van der Waals surface area contributed by atoms with E-state index >= 15 is 0 Å². The number of aromatic nitrogens is 1. The smallest absolute Gasteiger partial charge is 0.405 e. The molecule has 3 aromatic rings. The van der Waals surface area contributed by atoms with Crippen molar-refractivity contribution in [1.82, 2.24) is 4.57 Å². The molecule has 2 aromatic carbocycles. The summed E-state index contributed by atoms with van der Waals surface area (Å²) < 4.78 is 7.79. The number of benzene rings is 2. The molecule has 0 radical (unpaired) electrons. The number of quaternary nitrogens is 1. The zero-order valence-electron chi connectivity index (χ0n) is 18.4. The van der Waals surface area contributed by atoms with Crippen molar-refractivity contribution in [2.45, 2.75) is 19.7 Å². The van der Waals surface area contributed by atoms with Crippen molar-refractivity contribution in [1.29, 1.82) is 0 Å². The number of halogens is 1. The fraction of sp³-hybridized carbons (Fsp3) is 0.261. The largest absolute Gasteiger partial charge is 0.474 e. The number of nitrogens with two attached hydrogens (primary N) is 1. The first-order chi connectivity index (χ1) is 14.5. The number of carbonyl (C=O) groups excluding carboxylic acids is 2. The van der Waals surface area contributed by atoms with E-state index in [1.165, 1.54) is 0 Å². The number of carboxylic acid groups (broad SMARTS) is 1. The molecule has 1 aromatic heterocycles. The highest BCUT2D eigenvalue weighted by Gasteiger charge is 2.35. The number of ketones is 1. The third kappa shape index (κ3) is 4.76. The number of nitrogens with zero attached hydrogens (tertiary/aromatic N) is 2. The lowest BCUT2D eigenvalue weighted by molar-refractivity contribution is -0.905. The van der Waals surface area contributed by atoms with Crippen molar-refractivity contribution in [2.24, 2.45) is 5.73 Å². The Morgan fingerprint density at radius 1 is 1.06 bits per heavy atom. The maximum absolute atomic E-state index is 12.8. The van der Waals surface area contributed by atoms with Crippen molar-refractivity contribution in [3.8, 4) is 5.75 Å². The van der Waals surface area contributed by atoms with Gasteiger partial charge in [-0.05, 0) is 24.6 Å². The molecule has 0 bridgehead atoms. The van der Waals surface area contributed by atoms with Crippen LogP contribution in [0.15, 0.2) is 48.5 Å². The van der Waals surface area contributed by atoms with Crippen LogP contribution in [0.4, 0.5) is 0 Å². The molecule has 0 saturated heterocycles. The van der Waals surface area contributed by atoms with Gasteiger partial charge in [-0.15, -0.1) is 12.4 Å². The molecular formula is C23H27ClN3O5+. The second kappa shape index (κ2) is 9.42. The van der Waals surface area contributed by atoms with Crippen molar-refractivity contribution in [3.05, 3.63) is 65.4 Å². The summed E-state index contributed by atoms with van der Waals surface area (Å²) in [7, 11) is 5.08. The molecule has 1 atom stereocenters. The first-order valence-corrected chi connectivity index (χ1v) is 9.72. The van der Waals surface area contributed by atoms with E-state index in [0.29, 0.717) is 23.1 Å². The van der Waals surface area contributed by atoms with Crippen LogP contribution in [-0.2, 0) is 16.1 Å². The second-order valence-electron chi connectivity index (χ2n) is 8.30. The SMILES string of the molecule is Cc1c(C(=O)C(N)=O)c2c(OC(C(=O)O)[N+](C)(C)C)cccc2n1Cc1ccccc1.Cl. The molecule has 0 aliphatic carbocycles. The number of ether oxygens (including phenoxy) is 1. The summed E-state index contributed by atoms with van der Waals surface area (Å²) in [6.45, 7) is 2.19.